The van der Waals surface area contributed by atoms with Crippen molar-refractivity contribution in [3.8, 4) is 0 Å². The van der Waals surface area contributed by atoms with Crippen molar-refractivity contribution >= 4 is 6.20 Å². The highest BCUT2D eigenvalue weighted by atomic mass is 16.5. The molecule has 1 saturated heterocycles. The second-order valence-corrected chi connectivity index (χ2v) is 3.43. The quantitative estimate of drug-likeness (QED) is 0.677. The molecule has 0 amide bonds. The first-order valence-electron chi connectivity index (χ1n) is 4.81. The van der Waals surface area contributed by atoms with Gasteiger partial charge in [0.25, 0.3) is 0 Å². The number of ether oxygens (including phenoxy) is 1. The fourth-order valence-corrected chi connectivity index (χ4v) is 1.74. The molecule has 2 heterocycles. The van der Waals surface area contributed by atoms with Gasteiger partial charge in [-0.3, -0.25) is 0 Å². The van der Waals surface area contributed by atoms with Gasteiger partial charge in [-0.15, -0.1) is 0 Å². The Bertz CT molecular complexity index is 284. The summed E-state index contributed by atoms with van der Waals surface area (Å²) in [6.07, 6.45) is 9.86. The van der Waals surface area contributed by atoms with E-state index < -0.39 is 0 Å². The molecule has 1 aromatic rings. The van der Waals surface area contributed by atoms with E-state index in [1.54, 1.807) is 6.20 Å². The highest BCUT2D eigenvalue weighted by molar-refractivity contribution is 5.24. The van der Waals surface area contributed by atoms with Gasteiger partial charge in [-0.1, -0.05) is 6.58 Å². The Hall–Kier alpha value is -1.02. The second kappa shape index (κ2) is 3.79. The number of rotatable bonds is 2. The molecule has 0 aromatic carbocycles. The molecule has 1 aromatic heterocycles. The van der Waals surface area contributed by atoms with E-state index in [1.165, 1.54) is 18.4 Å². The zero-order valence-corrected chi connectivity index (χ0v) is 7.78. The lowest BCUT2D eigenvalue weighted by molar-refractivity contribution is 0.0150. The molecule has 2 heteroatoms. The number of nitrogens with zero attached hydrogens (tertiary/aromatic N) is 1. The maximum Gasteiger partial charge on any atom is 0.0839 e. The summed E-state index contributed by atoms with van der Waals surface area (Å²) in [4.78, 5) is 0. The molecular formula is C11H15NO. The van der Waals surface area contributed by atoms with Gasteiger partial charge in [0.05, 0.1) is 6.10 Å². The summed E-state index contributed by atoms with van der Waals surface area (Å²) < 4.78 is 7.64. The van der Waals surface area contributed by atoms with E-state index in [4.69, 9.17) is 4.74 Å². The van der Waals surface area contributed by atoms with Gasteiger partial charge in [-0.05, 0) is 30.9 Å². The monoisotopic (exact) mass is 177 g/mol. The van der Waals surface area contributed by atoms with Crippen LogP contribution in [-0.2, 0) is 4.74 Å². The van der Waals surface area contributed by atoms with Crippen LogP contribution in [0.15, 0.2) is 25.0 Å². The third-order valence-electron chi connectivity index (χ3n) is 2.50. The lowest BCUT2D eigenvalue weighted by Gasteiger charge is -2.21. The second-order valence-electron chi connectivity index (χ2n) is 3.43. The molecule has 70 valence electrons. The van der Waals surface area contributed by atoms with Crippen LogP contribution in [0.4, 0.5) is 0 Å². The highest BCUT2D eigenvalue weighted by Gasteiger charge is 2.16. The summed E-state index contributed by atoms with van der Waals surface area (Å²) in [5.74, 6) is 0. The van der Waals surface area contributed by atoms with Crippen LogP contribution in [0.1, 0.15) is 30.9 Å². The minimum atomic E-state index is 0.315. The summed E-state index contributed by atoms with van der Waals surface area (Å²) >= 11 is 0. The van der Waals surface area contributed by atoms with Crippen molar-refractivity contribution in [1.29, 1.82) is 0 Å². The van der Waals surface area contributed by atoms with Gasteiger partial charge < -0.3 is 9.30 Å². The Balaban J connectivity index is 2.09. The topological polar surface area (TPSA) is 14.2 Å². The molecule has 1 fully saturated rings. The Labute approximate surface area is 78.8 Å². The Morgan fingerprint density at radius 3 is 3.08 bits per heavy atom. The molecular weight excluding hydrogens is 162 g/mol. The summed E-state index contributed by atoms with van der Waals surface area (Å²) in [6, 6.07) is 2.11. The van der Waals surface area contributed by atoms with Crippen molar-refractivity contribution in [2.75, 3.05) is 6.61 Å². The van der Waals surface area contributed by atoms with Gasteiger partial charge in [0, 0.05) is 25.2 Å². The van der Waals surface area contributed by atoms with Crippen molar-refractivity contribution in [3.63, 3.8) is 0 Å². The van der Waals surface area contributed by atoms with E-state index in [-0.39, 0.29) is 0 Å². The summed E-state index contributed by atoms with van der Waals surface area (Å²) in [6.45, 7) is 4.62. The largest absolute Gasteiger partial charge is 0.373 e. The first-order valence-corrected chi connectivity index (χ1v) is 4.81. The summed E-state index contributed by atoms with van der Waals surface area (Å²) in [5, 5.41) is 0. The van der Waals surface area contributed by atoms with Gasteiger partial charge in [0.2, 0.25) is 0 Å². The van der Waals surface area contributed by atoms with Gasteiger partial charge in [0.15, 0.2) is 0 Å². The average Bonchev–Trinajstić information content (AvgIpc) is 2.67. The summed E-state index contributed by atoms with van der Waals surface area (Å²) in [7, 11) is 0. The standard InChI is InChI=1S/C11H15NO/c1-2-12-7-6-10(9-12)11-5-3-4-8-13-11/h2,6-7,9,11H,1,3-5,8H2. The zero-order chi connectivity index (χ0) is 9.10. The fraction of sp³-hybridized carbons (Fsp3) is 0.455. The van der Waals surface area contributed by atoms with E-state index in [0.29, 0.717) is 6.10 Å². The first kappa shape index (κ1) is 8.57. The van der Waals surface area contributed by atoms with Crippen molar-refractivity contribution < 1.29 is 4.74 Å². The van der Waals surface area contributed by atoms with Crippen molar-refractivity contribution in [2.45, 2.75) is 25.4 Å². The van der Waals surface area contributed by atoms with E-state index in [0.717, 1.165) is 13.0 Å². The van der Waals surface area contributed by atoms with Crippen LogP contribution in [0, 0.1) is 0 Å². The van der Waals surface area contributed by atoms with E-state index in [2.05, 4.69) is 18.8 Å². The van der Waals surface area contributed by atoms with Crippen LogP contribution < -0.4 is 0 Å². The predicted molar refractivity (Wildman–Crippen MR) is 53.4 cm³/mol. The molecule has 0 saturated carbocycles. The first-order chi connectivity index (χ1) is 6.40. The predicted octanol–water partition coefficient (Wildman–Crippen LogP) is 2.83. The highest BCUT2D eigenvalue weighted by Crippen LogP contribution is 2.27. The average molecular weight is 177 g/mol. The molecule has 0 N–H and O–H groups in total. The Morgan fingerprint density at radius 1 is 1.54 bits per heavy atom. The molecule has 1 unspecified atom stereocenters. The lowest BCUT2D eigenvalue weighted by atomic mass is 10.0. The molecule has 1 aliphatic rings. The molecule has 2 nitrogen and oxygen atoms in total. The van der Waals surface area contributed by atoms with Crippen LogP contribution in [0.3, 0.4) is 0 Å². The van der Waals surface area contributed by atoms with E-state index >= 15 is 0 Å². The van der Waals surface area contributed by atoms with Gasteiger partial charge in [-0.2, -0.15) is 0 Å². The fourth-order valence-electron chi connectivity index (χ4n) is 1.74. The Kier molecular flexibility index (Phi) is 2.50. The van der Waals surface area contributed by atoms with Crippen molar-refractivity contribution in [2.24, 2.45) is 0 Å². The van der Waals surface area contributed by atoms with Crippen LogP contribution in [0.5, 0.6) is 0 Å². The molecule has 1 aliphatic heterocycles. The lowest BCUT2D eigenvalue weighted by Crippen LogP contribution is -2.10. The van der Waals surface area contributed by atoms with Crippen LogP contribution in [0.25, 0.3) is 6.20 Å². The summed E-state index contributed by atoms with van der Waals surface area (Å²) in [5.41, 5.74) is 1.28. The van der Waals surface area contributed by atoms with Crippen molar-refractivity contribution in [1.82, 2.24) is 4.57 Å². The molecule has 0 aliphatic carbocycles. The van der Waals surface area contributed by atoms with E-state index in [1.807, 2.05) is 10.8 Å². The molecule has 0 bridgehead atoms. The zero-order valence-electron chi connectivity index (χ0n) is 7.78. The molecule has 1 atom stereocenters. The Morgan fingerprint density at radius 2 is 2.46 bits per heavy atom. The maximum absolute atomic E-state index is 5.67. The van der Waals surface area contributed by atoms with Crippen molar-refractivity contribution in [3.05, 3.63) is 30.6 Å². The molecule has 2 rings (SSSR count). The number of aromatic nitrogens is 1. The minimum Gasteiger partial charge on any atom is -0.373 e. The van der Waals surface area contributed by atoms with Crippen LogP contribution in [0.2, 0.25) is 0 Å². The van der Waals surface area contributed by atoms with E-state index in [9.17, 15) is 0 Å². The third-order valence-corrected chi connectivity index (χ3v) is 2.50. The molecule has 0 radical (unpaired) electrons. The maximum atomic E-state index is 5.67. The number of hydrogen-bond donors (Lipinski definition) is 0. The van der Waals surface area contributed by atoms with Gasteiger partial charge >= 0.3 is 0 Å². The smallest absolute Gasteiger partial charge is 0.0839 e. The third kappa shape index (κ3) is 1.83. The molecule has 0 spiro atoms. The SMILES string of the molecule is C=Cn1ccc(C2CCCCO2)c1. The van der Waals surface area contributed by atoms with Gasteiger partial charge in [0.1, 0.15) is 0 Å². The van der Waals surface area contributed by atoms with Crippen LogP contribution in [-0.4, -0.2) is 11.2 Å². The van der Waals surface area contributed by atoms with Gasteiger partial charge in [-0.25, -0.2) is 0 Å². The minimum absolute atomic E-state index is 0.315. The van der Waals surface area contributed by atoms with Crippen LogP contribution >= 0.6 is 0 Å². The normalized spacial score (nSPS) is 22.9. The molecule has 13 heavy (non-hydrogen) atoms. The number of hydrogen-bond acceptors (Lipinski definition) is 1.